The summed E-state index contributed by atoms with van der Waals surface area (Å²) in [4.78, 5) is 15.3. The molecule has 0 bridgehead atoms. The van der Waals surface area contributed by atoms with Gasteiger partial charge in [0.15, 0.2) is 6.29 Å². The number of fused-ring (bicyclic) bond motifs is 1. The minimum atomic E-state index is 0.575. The maximum atomic E-state index is 11.0. The normalized spacial score (nSPS) is 10.8. The molecule has 0 saturated heterocycles. The van der Waals surface area contributed by atoms with Crippen LogP contribution in [-0.4, -0.2) is 15.7 Å². The maximum Gasteiger partial charge on any atom is 0.166 e. The first-order chi connectivity index (χ1) is 8.38. The molecule has 0 aromatic carbocycles. The van der Waals surface area contributed by atoms with Crippen LogP contribution < -0.4 is 0 Å². The number of imidazole rings is 1. The van der Waals surface area contributed by atoms with E-state index in [1.807, 2.05) is 28.7 Å². The van der Waals surface area contributed by atoms with E-state index >= 15 is 0 Å². The van der Waals surface area contributed by atoms with Crippen molar-refractivity contribution in [3.05, 3.63) is 60.1 Å². The number of nitrogens with zero attached hydrogens (tertiary/aromatic N) is 2. The van der Waals surface area contributed by atoms with Gasteiger partial charge in [-0.25, -0.2) is 4.98 Å². The van der Waals surface area contributed by atoms with Gasteiger partial charge in [-0.1, -0.05) is 6.07 Å². The van der Waals surface area contributed by atoms with E-state index in [1.54, 1.807) is 18.5 Å². The Morgan fingerprint density at radius 1 is 1.29 bits per heavy atom. The number of aromatic nitrogens is 2. The van der Waals surface area contributed by atoms with Crippen molar-refractivity contribution < 1.29 is 9.21 Å². The Hall–Kier alpha value is -2.36. The Morgan fingerprint density at radius 2 is 2.24 bits per heavy atom. The molecule has 0 spiro atoms. The van der Waals surface area contributed by atoms with Gasteiger partial charge >= 0.3 is 0 Å². The third-order valence-electron chi connectivity index (χ3n) is 2.69. The lowest BCUT2D eigenvalue weighted by Gasteiger charge is -2.02. The van der Waals surface area contributed by atoms with Crippen LogP contribution in [0, 0.1) is 0 Å². The van der Waals surface area contributed by atoms with E-state index in [0.717, 1.165) is 23.4 Å². The summed E-state index contributed by atoms with van der Waals surface area (Å²) in [5.74, 6) is 1.64. The molecule has 0 aliphatic heterocycles. The Labute approximate surface area is 97.5 Å². The second-order valence-electron chi connectivity index (χ2n) is 3.76. The molecule has 84 valence electrons. The van der Waals surface area contributed by atoms with E-state index in [9.17, 15) is 4.79 Å². The number of pyridine rings is 1. The molecule has 3 rings (SSSR count). The van der Waals surface area contributed by atoms with Gasteiger partial charge in [0.25, 0.3) is 0 Å². The van der Waals surface area contributed by atoms with Crippen LogP contribution in [0.2, 0.25) is 0 Å². The molecule has 0 radical (unpaired) electrons. The lowest BCUT2D eigenvalue weighted by Crippen LogP contribution is -2.01. The Kier molecular flexibility index (Phi) is 2.26. The zero-order valence-electron chi connectivity index (χ0n) is 9.04. The highest BCUT2D eigenvalue weighted by atomic mass is 16.3. The molecule has 3 aromatic rings. The van der Waals surface area contributed by atoms with Crippen molar-refractivity contribution in [2.24, 2.45) is 0 Å². The number of furan rings is 1. The molecule has 3 aromatic heterocycles. The quantitative estimate of drug-likeness (QED) is 0.644. The van der Waals surface area contributed by atoms with Gasteiger partial charge < -0.3 is 4.42 Å². The Bertz CT molecular complexity index is 653. The van der Waals surface area contributed by atoms with E-state index in [2.05, 4.69) is 4.98 Å². The summed E-state index contributed by atoms with van der Waals surface area (Å²) >= 11 is 0. The Morgan fingerprint density at radius 3 is 3.00 bits per heavy atom. The minimum Gasteiger partial charge on any atom is -0.469 e. The first kappa shape index (κ1) is 9.84. The van der Waals surface area contributed by atoms with Gasteiger partial charge in [-0.05, 0) is 24.3 Å². The average Bonchev–Trinajstić information content (AvgIpc) is 2.99. The molecule has 0 unspecified atom stereocenters. The van der Waals surface area contributed by atoms with E-state index in [4.69, 9.17) is 4.42 Å². The monoisotopic (exact) mass is 226 g/mol. The van der Waals surface area contributed by atoms with Gasteiger partial charge in [-0.3, -0.25) is 9.20 Å². The average molecular weight is 226 g/mol. The minimum absolute atomic E-state index is 0.575. The van der Waals surface area contributed by atoms with Crippen LogP contribution in [0.4, 0.5) is 0 Å². The molecule has 0 N–H and O–H groups in total. The highest BCUT2D eigenvalue weighted by Gasteiger charge is 2.09. The summed E-state index contributed by atoms with van der Waals surface area (Å²) in [7, 11) is 0. The molecule has 0 fully saturated rings. The number of rotatable bonds is 3. The van der Waals surface area contributed by atoms with Crippen molar-refractivity contribution in [3.8, 4) is 0 Å². The fraction of sp³-hybridized carbons (Fsp3) is 0.0769. The van der Waals surface area contributed by atoms with Crippen molar-refractivity contribution >= 4 is 11.8 Å². The zero-order valence-corrected chi connectivity index (χ0v) is 9.04. The predicted molar refractivity (Wildman–Crippen MR) is 62.1 cm³/mol. The Balaban J connectivity index is 2.13. The number of aldehydes is 1. The topological polar surface area (TPSA) is 47.5 Å². The highest BCUT2D eigenvalue weighted by Crippen LogP contribution is 2.14. The van der Waals surface area contributed by atoms with E-state index in [1.165, 1.54) is 0 Å². The van der Waals surface area contributed by atoms with Crippen LogP contribution in [0.1, 0.15) is 22.1 Å². The first-order valence-corrected chi connectivity index (χ1v) is 5.31. The van der Waals surface area contributed by atoms with Crippen molar-refractivity contribution in [1.82, 2.24) is 9.38 Å². The lowest BCUT2D eigenvalue weighted by atomic mass is 10.3. The van der Waals surface area contributed by atoms with E-state index < -0.39 is 0 Å². The molecule has 0 aliphatic rings. The second kappa shape index (κ2) is 3.90. The molecular formula is C13H10N2O2. The number of carbonyl (C=O) groups is 1. The molecule has 0 saturated carbocycles. The summed E-state index contributed by atoms with van der Waals surface area (Å²) < 4.78 is 7.13. The van der Waals surface area contributed by atoms with Crippen LogP contribution >= 0.6 is 0 Å². The molecule has 4 nitrogen and oxygen atoms in total. The fourth-order valence-electron chi connectivity index (χ4n) is 1.93. The summed E-state index contributed by atoms with van der Waals surface area (Å²) in [6.07, 6.45) is 4.80. The van der Waals surface area contributed by atoms with Crippen molar-refractivity contribution in [3.63, 3.8) is 0 Å². The smallest absolute Gasteiger partial charge is 0.166 e. The van der Waals surface area contributed by atoms with Crippen LogP contribution in [-0.2, 0) is 6.42 Å². The largest absolute Gasteiger partial charge is 0.469 e. The van der Waals surface area contributed by atoms with Crippen LogP contribution in [0.3, 0.4) is 0 Å². The van der Waals surface area contributed by atoms with Gasteiger partial charge in [0.05, 0.1) is 30.1 Å². The third kappa shape index (κ3) is 1.63. The summed E-state index contributed by atoms with van der Waals surface area (Å²) in [6, 6.07) is 9.27. The highest BCUT2D eigenvalue weighted by molar-refractivity contribution is 5.74. The third-order valence-corrected chi connectivity index (χ3v) is 2.69. The van der Waals surface area contributed by atoms with Crippen LogP contribution in [0.25, 0.3) is 5.52 Å². The van der Waals surface area contributed by atoms with Crippen LogP contribution in [0.5, 0.6) is 0 Å². The van der Waals surface area contributed by atoms with Crippen molar-refractivity contribution in [2.45, 2.75) is 6.42 Å². The summed E-state index contributed by atoms with van der Waals surface area (Å²) in [5, 5.41) is 0. The second-order valence-corrected chi connectivity index (χ2v) is 3.76. The maximum absolute atomic E-state index is 11.0. The van der Waals surface area contributed by atoms with Crippen molar-refractivity contribution in [1.29, 1.82) is 0 Å². The number of carbonyl (C=O) groups excluding carboxylic acids is 1. The SMILES string of the molecule is O=Cc1cccc2cnc(Cc3ccco3)n12. The van der Waals surface area contributed by atoms with Crippen LogP contribution in [0.15, 0.2) is 47.2 Å². The standard InChI is InChI=1S/C13H10N2O2/c16-9-11-4-1-3-10-8-14-13(15(10)11)7-12-5-2-6-17-12/h1-6,8-9H,7H2. The molecule has 0 amide bonds. The summed E-state index contributed by atoms with van der Waals surface area (Å²) in [5.41, 5.74) is 1.51. The molecule has 0 aliphatic carbocycles. The van der Waals surface area contributed by atoms with E-state index in [-0.39, 0.29) is 0 Å². The van der Waals surface area contributed by atoms with E-state index in [0.29, 0.717) is 12.1 Å². The molecule has 0 atom stereocenters. The van der Waals surface area contributed by atoms with Gasteiger partial charge in [0.1, 0.15) is 11.6 Å². The van der Waals surface area contributed by atoms with Gasteiger partial charge in [-0.2, -0.15) is 0 Å². The van der Waals surface area contributed by atoms with Gasteiger partial charge in [0, 0.05) is 0 Å². The van der Waals surface area contributed by atoms with Crippen molar-refractivity contribution in [2.75, 3.05) is 0 Å². The molecule has 17 heavy (non-hydrogen) atoms. The van der Waals surface area contributed by atoms with Gasteiger partial charge in [0.2, 0.25) is 0 Å². The predicted octanol–water partition coefficient (Wildman–Crippen LogP) is 2.33. The summed E-state index contributed by atoms with van der Waals surface area (Å²) in [6.45, 7) is 0. The lowest BCUT2D eigenvalue weighted by molar-refractivity contribution is 0.111. The van der Waals surface area contributed by atoms with Gasteiger partial charge in [-0.15, -0.1) is 0 Å². The number of hydrogen-bond donors (Lipinski definition) is 0. The molecule has 3 heterocycles. The zero-order chi connectivity index (χ0) is 11.7. The fourth-order valence-corrected chi connectivity index (χ4v) is 1.93. The molecule has 4 heteroatoms. The number of hydrogen-bond acceptors (Lipinski definition) is 3. The first-order valence-electron chi connectivity index (χ1n) is 5.31. The molecular weight excluding hydrogens is 216 g/mol.